The van der Waals surface area contributed by atoms with Crippen LogP contribution in [0.4, 0.5) is 0 Å². The van der Waals surface area contributed by atoms with Crippen LogP contribution in [0.5, 0.6) is 0 Å². The molecule has 0 unspecified atom stereocenters. The molecule has 1 amide bonds. The summed E-state index contributed by atoms with van der Waals surface area (Å²) in [6.07, 6.45) is 3.95. The Labute approximate surface area is 126 Å². The highest BCUT2D eigenvalue weighted by Crippen LogP contribution is 2.37. The number of nitrogens with zero attached hydrogens (tertiary/aromatic N) is 2. The van der Waals surface area contributed by atoms with Crippen LogP contribution in [0.15, 0.2) is 0 Å². The first-order chi connectivity index (χ1) is 10.2. The summed E-state index contributed by atoms with van der Waals surface area (Å²) in [5.74, 6) is -0.0968. The predicted octanol–water partition coefficient (Wildman–Crippen LogP) is 0.463. The third kappa shape index (κ3) is 3.56. The number of carbonyl (C=O) groups is 1. The van der Waals surface area contributed by atoms with Gasteiger partial charge in [-0.25, -0.2) is 0 Å². The normalized spacial score (nSPS) is 26.7. The molecule has 0 bridgehead atoms. The van der Waals surface area contributed by atoms with Crippen LogP contribution in [0.3, 0.4) is 0 Å². The highest BCUT2D eigenvalue weighted by atomic mass is 16.7. The Hall–Kier alpha value is -0.690. The lowest BCUT2D eigenvalue weighted by molar-refractivity contribution is -0.183. The fourth-order valence-corrected chi connectivity index (χ4v) is 3.52. The molecule has 6 nitrogen and oxygen atoms in total. The summed E-state index contributed by atoms with van der Waals surface area (Å²) in [4.78, 5) is 16.4. The number of morpholine rings is 1. The second-order valence-corrected chi connectivity index (χ2v) is 6.25. The molecule has 3 fully saturated rings. The number of rotatable bonds is 3. The van der Waals surface area contributed by atoms with Gasteiger partial charge in [-0.3, -0.25) is 9.69 Å². The quantitative estimate of drug-likeness (QED) is 0.758. The van der Waals surface area contributed by atoms with E-state index < -0.39 is 0 Å². The van der Waals surface area contributed by atoms with Gasteiger partial charge in [0.15, 0.2) is 5.79 Å². The molecule has 2 heterocycles. The smallest absolute Gasteiger partial charge is 0.236 e. The zero-order chi connectivity index (χ0) is 14.7. The zero-order valence-electron chi connectivity index (χ0n) is 12.9. The van der Waals surface area contributed by atoms with Gasteiger partial charge in [-0.1, -0.05) is 0 Å². The molecule has 21 heavy (non-hydrogen) atoms. The van der Waals surface area contributed by atoms with E-state index in [1.54, 1.807) is 0 Å². The Morgan fingerprint density at radius 2 is 1.76 bits per heavy atom. The van der Waals surface area contributed by atoms with Gasteiger partial charge in [0, 0.05) is 32.0 Å². The molecule has 3 aliphatic rings. The lowest BCUT2D eigenvalue weighted by atomic mass is 9.89. The molecule has 0 N–H and O–H groups in total. The van der Waals surface area contributed by atoms with Gasteiger partial charge >= 0.3 is 0 Å². The van der Waals surface area contributed by atoms with Gasteiger partial charge in [0.25, 0.3) is 0 Å². The van der Waals surface area contributed by atoms with Gasteiger partial charge < -0.3 is 19.1 Å². The molecule has 2 saturated heterocycles. The van der Waals surface area contributed by atoms with Crippen molar-refractivity contribution in [3.05, 3.63) is 0 Å². The highest BCUT2D eigenvalue weighted by molar-refractivity contribution is 5.78. The maximum Gasteiger partial charge on any atom is 0.236 e. The number of carbonyl (C=O) groups excluding carboxylic acids is 1. The van der Waals surface area contributed by atoms with Crippen molar-refractivity contribution in [3.63, 3.8) is 0 Å². The summed E-state index contributed by atoms with van der Waals surface area (Å²) in [5, 5.41) is 0. The highest BCUT2D eigenvalue weighted by Gasteiger charge is 2.41. The molecule has 120 valence electrons. The van der Waals surface area contributed by atoms with E-state index in [0.29, 0.717) is 25.8 Å². The maximum absolute atomic E-state index is 12.3. The molecule has 0 aromatic rings. The summed E-state index contributed by atoms with van der Waals surface area (Å²) in [6.45, 7) is 4.71. The minimum atomic E-state index is -0.314. The molecule has 2 aliphatic heterocycles. The Bertz CT molecular complexity index is 355. The number of likely N-dealkylation sites (N-methyl/N-ethyl adjacent to an activating group) is 1. The standard InChI is InChI=1S/C15H26N2O4/c1-16(12-14(18)17-6-8-19-9-7-17)13-2-4-15(5-3-13)20-10-11-21-15/h13H,2-12H2,1H3. The third-order valence-electron chi connectivity index (χ3n) is 4.90. The maximum atomic E-state index is 12.3. The molecule has 1 spiro atoms. The summed E-state index contributed by atoms with van der Waals surface area (Å²) in [6, 6.07) is 0.452. The van der Waals surface area contributed by atoms with Gasteiger partial charge in [-0.05, 0) is 19.9 Å². The topological polar surface area (TPSA) is 51.2 Å². The Balaban J connectivity index is 1.45. The Morgan fingerprint density at radius 3 is 2.38 bits per heavy atom. The predicted molar refractivity (Wildman–Crippen MR) is 76.9 cm³/mol. The lowest BCUT2D eigenvalue weighted by Crippen LogP contribution is -2.49. The van der Waals surface area contributed by atoms with Crippen molar-refractivity contribution in [2.45, 2.75) is 37.5 Å². The van der Waals surface area contributed by atoms with Crippen LogP contribution >= 0.6 is 0 Å². The van der Waals surface area contributed by atoms with Crippen LogP contribution < -0.4 is 0 Å². The van der Waals surface area contributed by atoms with Crippen molar-refractivity contribution in [2.75, 3.05) is 53.1 Å². The largest absolute Gasteiger partial charge is 0.378 e. The summed E-state index contributed by atoms with van der Waals surface area (Å²) < 4.78 is 16.8. The van der Waals surface area contributed by atoms with Crippen molar-refractivity contribution in [3.8, 4) is 0 Å². The van der Waals surface area contributed by atoms with Crippen molar-refractivity contribution in [1.82, 2.24) is 9.80 Å². The molecule has 6 heteroatoms. The van der Waals surface area contributed by atoms with Crippen LogP contribution in [0, 0.1) is 0 Å². The number of hydrogen-bond donors (Lipinski definition) is 0. The zero-order valence-corrected chi connectivity index (χ0v) is 12.9. The van der Waals surface area contributed by atoms with Gasteiger partial charge in [0.05, 0.1) is 33.0 Å². The Kier molecular flexibility index (Phi) is 4.78. The average Bonchev–Trinajstić information content (AvgIpc) is 2.97. The summed E-state index contributed by atoms with van der Waals surface area (Å²) >= 11 is 0. The van der Waals surface area contributed by atoms with E-state index in [0.717, 1.165) is 52.0 Å². The van der Waals surface area contributed by atoms with E-state index in [2.05, 4.69) is 11.9 Å². The second kappa shape index (κ2) is 6.60. The summed E-state index contributed by atoms with van der Waals surface area (Å²) in [7, 11) is 2.05. The van der Waals surface area contributed by atoms with E-state index in [9.17, 15) is 4.79 Å². The van der Waals surface area contributed by atoms with Gasteiger partial charge in [0.2, 0.25) is 5.91 Å². The molecule has 1 aliphatic carbocycles. The summed E-state index contributed by atoms with van der Waals surface area (Å²) in [5.41, 5.74) is 0. The molecule has 1 saturated carbocycles. The fourth-order valence-electron chi connectivity index (χ4n) is 3.52. The first kappa shape index (κ1) is 15.2. The van der Waals surface area contributed by atoms with Gasteiger partial charge in [-0.15, -0.1) is 0 Å². The third-order valence-corrected chi connectivity index (χ3v) is 4.90. The minimum absolute atomic E-state index is 0.217. The van der Waals surface area contributed by atoms with Gasteiger partial charge in [0.1, 0.15) is 0 Å². The molecule has 0 atom stereocenters. The van der Waals surface area contributed by atoms with Crippen LogP contribution in [0.25, 0.3) is 0 Å². The Morgan fingerprint density at radius 1 is 1.14 bits per heavy atom. The van der Waals surface area contributed by atoms with Crippen molar-refractivity contribution >= 4 is 5.91 Å². The van der Waals surface area contributed by atoms with Crippen molar-refractivity contribution in [2.24, 2.45) is 0 Å². The SMILES string of the molecule is CN(CC(=O)N1CCOCC1)C1CCC2(CC1)OCCO2. The number of ether oxygens (including phenoxy) is 3. The molecule has 0 aromatic heterocycles. The van der Waals surface area contributed by atoms with E-state index in [-0.39, 0.29) is 11.7 Å². The van der Waals surface area contributed by atoms with E-state index in [4.69, 9.17) is 14.2 Å². The second-order valence-electron chi connectivity index (χ2n) is 6.25. The van der Waals surface area contributed by atoms with E-state index in [1.165, 1.54) is 0 Å². The molecule has 0 radical (unpaired) electrons. The molecular formula is C15H26N2O4. The van der Waals surface area contributed by atoms with Crippen LogP contribution in [0.2, 0.25) is 0 Å². The molecule has 0 aromatic carbocycles. The fraction of sp³-hybridized carbons (Fsp3) is 0.933. The van der Waals surface area contributed by atoms with E-state index >= 15 is 0 Å². The van der Waals surface area contributed by atoms with Crippen molar-refractivity contribution in [1.29, 1.82) is 0 Å². The van der Waals surface area contributed by atoms with E-state index in [1.807, 2.05) is 4.90 Å². The number of amides is 1. The van der Waals surface area contributed by atoms with Crippen molar-refractivity contribution < 1.29 is 19.0 Å². The van der Waals surface area contributed by atoms with Crippen LogP contribution in [0.1, 0.15) is 25.7 Å². The van der Waals surface area contributed by atoms with Crippen LogP contribution in [-0.4, -0.2) is 80.6 Å². The average molecular weight is 298 g/mol. The molecular weight excluding hydrogens is 272 g/mol. The lowest BCUT2D eigenvalue weighted by Gasteiger charge is -2.39. The number of hydrogen-bond acceptors (Lipinski definition) is 5. The minimum Gasteiger partial charge on any atom is -0.378 e. The first-order valence-electron chi connectivity index (χ1n) is 8.02. The molecule has 3 rings (SSSR count). The van der Waals surface area contributed by atoms with Gasteiger partial charge in [-0.2, -0.15) is 0 Å². The first-order valence-corrected chi connectivity index (χ1v) is 8.02. The monoisotopic (exact) mass is 298 g/mol. The van der Waals surface area contributed by atoms with Crippen LogP contribution in [-0.2, 0) is 19.0 Å².